The predicted molar refractivity (Wildman–Crippen MR) is 80.1 cm³/mol. The number of benzene rings is 1. The molecule has 0 saturated carbocycles. The van der Waals surface area contributed by atoms with E-state index in [9.17, 15) is 4.79 Å². The van der Waals surface area contributed by atoms with Crippen LogP contribution in [0.1, 0.15) is 6.92 Å². The second-order valence-corrected chi connectivity index (χ2v) is 4.66. The zero-order valence-corrected chi connectivity index (χ0v) is 12.6. The standard InChI is InChI=1S/C13H13BrN4O2/c1-8(19)18-9-5-3-4-6-10(9)20-13-11(14)12(15-2)16-7-17-13/h3-7H,1-2H3,(H,18,19)(H,15,16,17). The molecule has 1 aromatic carbocycles. The monoisotopic (exact) mass is 336 g/mol. The summed E-state index contributed by atoms with van der Waals surface area (Å²) >= 11 is 3.37. The lowest BCUT2D eigenvalue weighted by molar-refractivity contribution is -0.114. The highest BCUT2D eigenvalue weighted by Crippen LogP contribution is 2.34. The lowest BCUT2D eigenvalue weighted by Crippen LogP contribution is -2.07. The number of hydrogen-bond acceptors (Lipinski definition) is 5. The Bertz CT molecular complexity index is 634. The van der Waals surface area contributed by atoms with Gasteiger partial charge in [0.2, 0.25) is 11.8 Å². The van der Waals surface area contributed by atoms with Gasteiger partial charge in [0.15, 0.2) is 5.75 Å². The number of carbonyl (C=O) groups excluding carboxylic acids is 1. The van der Waals surface area contributed by atoms with Crippen LogP contribution < -0.4 is 15.4 Å². The van der Waals surface area contributed by atoms with E-state index in [1.165, 1.54) is 13.3 Å². The molecule has 0 radical (unpaired) electrons. The molecule has 2 rings (SSSR count). The van der Waals surface area contributed by atoms with Crippen LogP contribution in [0.3, 0.4) is 0 Å². The Morgan fingerprint density at radius 2 is 2.05 bits per heavy atom. The zero-order chi connectivity index (χ0) is 14.5. The van der Waals surface area contributed by atoms with Crippen LogP contribution in [0, 0.1) is 0 Å². The molecule has 0 aliphatic carbocycles. The van der Waals surface area contributed by atoms with E-state index >= 15 is 0 Å². The van der Waals surface area contributed by atoms with Crippen LogP contribution in [0.4, 0.5) is 11.5 Å². The summed E-state index contributed by atoms with van der Waals surface area (Å²) in [5, 5.41) is 5.62. The summed E-state index contributed by atoms with van der Waals surface area (Å²) in [7, 11) is 1.75. The number of ether oxygens (including phenoxy) is 1. The van der Waals surface area contributed by atoms with E-state index in [1.54, 1.807) is 19.2 Å². The minimum atomic E-state index is -0.168. The van der Waals surface area contributed by atoms with Gasteiger partial charge in [-0.2, -0.15) is 0 Å². The number of aromatic nitrogens is 2. The topological polar surface area (TPSA) is 76.1 Å². The van der Waals surface area contributed by atoms with Gasteiger partial charge in [0.05, 0.1) is 5.69 Å². The first-order valence-electron chi connectivity index (χ1n) is 5.84. The molecule has 6 nitrogen and oxygen atoms in total. The Morgan fingerprint density at radius 1 is 1.30 bits per heavy atom. The molecule has 0 bridgehead atoms. The van der Waals surface area contributed by atoms with Gasteiger partial charge < -0.3 is 15.4 Å². The largest absolute Gasteiger partial charge is 0.435 e. The van der Waals surface area contributed by atoms with E-state index < -0.39 is 0 Å². The molecule has 0 fully saturated rings. The van der Waals surface area contributed by atoms with Crippen molar-refractivity contribution in [3.63, 3.8) is 0 Å². The van der Waals surface area contributed by atoms with Gasteiger partial charge in [0.25, 0.3) is 0 Å². The number of rotatable bonds is 4. The maximum atomic E-state index is 11.2. The van der Waals surface area contributed by atoms with Gasteiger partial charge in [-0.15, -0.1) is 0 Å². The van der Waals surface area contributed by atoms with Crippen LogP contribution in [0.25, 0.3) is 0 Å². The highest BCUT2D eigenvalue weighted by molar-refractivity contribution is 9.10. The molecular weight excluding hydrogens is 324 g/mol. The minimum Gasteiger partial charge on any atom is -0.435 e. The number of hydrogen-bond donors (Lipinski definition) is 2. The third kappa shape index (κ3) is 3.24. The van der Waals surface area contributed by atoms with Crippen LogP contribution >= 0.6 is 15.9 Å². The quantitative estimate of drug-likeness (QED) is 0.897. The van der Waals surface area contributed by atoms with Crippen LogP contribution in [0.15, 0.2) is 35.1 Å². The fraction of sp³-hybridized carbons (Fsp3) is 0.154. The molecule has 20 heavy (non-hydrogen) atoms. The van der Waals surface area contributed by atoms with E-state index in [0.29, 0.717) is 27.6 Å². The van der Waals surface area contributed by atoms with Crippen molar-refractivity contribution >= 4 is 33.3 Å². The third-order valence-electron chi connectivity index (χ3n) is 2.40. The molecule has 0 saturated heterocycles. The van der Waals surface area contributed by atoms with Crippen molar-refractivity contribution in [3.05, 3.63) is 35.1 Å². The van der Waals surface area contributed by atoms with Gasteiger partial charge in [-0.25, -0.2) is 9.97 Å². The van der Waals surface area contributed by atoms with Gasteiger partial charge in [0.1, 0.15) is 16.6 Å². The maximum absolute atomic E-state index is 11.2. The molecule has 7 heteroatoms. The first kappa shape index (κ1) is 14.3. The molecule has 104 valence electrons. The molecule has 2 aromatic rings. The van der Waals surface area contributed by atoms with Crippen molar-refractivity contribution in [2.24, 2.45) is 0 Å². The predicted octanol–water partition coefficient (Wildman–Crippen LogP) is 3.03. The number of para-hydroxylation sites is 2. The number of halogens is 1. The second kappa shape index (κ2) is 6.33. The van der Waals surface area contributed by atoms with Crippen molar-refractivity contribution in [1.29, 1.82) is 0 Å². The summed E-state index contributed by atoms with van der Waals surface area (Å²) in [5.74, 6) is 1.32. The average molecular weight is 337 g/mol. The zero-order valence-electron chi connectivity index (χ0n) is 11.0. The SMILES string of the molecule is CNc1ncnc(Oc2ccccc2NC(C)=O)c1Br. The van der Waals surface area contributed by atoms with Crippen molar-refractivity contribution in [3.8, 4) is 11.6 Å². The van der Waals surface area contributed by atoms with Crippen LogP contribution in [-0.2, 0) is 4.79 Å². The van der Waals surface area contributed by atoms with Crippen LogP contribution in [-0.4, -0.2) is 22.9 Å². The lowest BCUT2D eigenvalue weighted by Gasteiger charge is -2.12. The summed E-state index contributed by atoms with van der Waals surface area (Å²) in [4.78, 5) is 19.3. The minimum absolute atomic E-state index is 0.168. The third-order valence-corrected chi connectivity index (χ3v) is 3.11. The summed E-state index contributed by atoms with van der Waals surface area (Å²) in [5.41, 5.74) is 0.580. The summed E-state index contributed by atoms with van der Waals surface area (Å²) < 4.78 is 6.34. The number of carbonyl (C=O) groups is 1. The van der Waals surface area contributed by atoms with E-state index in [2.05, 4.69) is 36.5 Å². The first-order valence-corrected chi connectivity index (χ1v) is 6.64. The first-order chi connectivity index (χ1) is 9.61. The number of amides is 1. The normalized spacial score (nSPS) is 9.95. The van der Waals surface area contributed by atoms with E-state index in [0.717, 1.165) is 0 Å². The fourth-order valence-electron chi connectivity index (χ4n) is 1.55. The highest BCUT2D eigenvalue weighted by Gasteiger charge is 2.12. The number of nitrogens with zero attached hydrogens (tertiary/aromatic N) is 2. The second-order valence-electron chi connectivity index (χ2n) is 3.87. The number of anilines is 2. The molecule has 0 aliphatic heterocycles. The highest BCUT2D eigenvalue weighted by atomic mass is 79.9. The molecule has 0 aliphatic rings. The van der Waals surface area contributed by atoms with Crippen LogP contribution in [0.5, 0.6) is 11.6 Å². The van der Waals surface area contributed by atoms with Crippen molar-refractivity contribution in [1.82, 2.24) is 9.97 Å². The Kier molecular flexibility index (Phi) is 4.52. The molecule has 1 aromatic heterocycles. The van der Waals surface area contributed by atoms with E-state index in [4.69, 9.17) is 4.74 Å². The van der Waals surface area contributed by atoms with Crippen molar-refractivity contribution < 1.29 is 9.53 Å². The van der Waals surface area contributed by atoms with E-state index in [1.807, 2.05) is 12.1 Å². The molecular formula is C13H13BrN4O2. The van der Waals surface area contributed by atoms with Gasteiger partial charge in [-0.05, 0) is 28.1 Å². The molecule has 2 N–H and O–H groups in total. The Balaban J connectivity index is 2.33. The smallest absolute Gasteiger partial charge is 0.238 e. The molecule has 0 atom stereocenters. The fourth-order valence-corrected chi connectivity index (χ4v) is 2.04. The van der Waals surface area contributed by atoms with Gasteiger partial charge in [0, 0.05) is 14.0 Å². The lowest BCUT2D eigenvalue weighted by atomic mass is 10.3. The Morgan fingerprint density at radius 3 is 2.75 bits per heavy atom. The van der Waals surface area contributed by atoms with Crippen molar-refractivity contribution in [2.75, 3.05) is 17.7 Å². The summed E-state index contributed by atoms with van der Waals surface area (Å²) in [6.45, 7) is 1.44. The summed E-state index contributed by atoms with van der Waals surface area (Å²) in [6, 6.07) is 7.13. The van der Waals surface area contributed by atoms with Crippen LogP contribution in [0.2, 0.25) is 0 Å². The van der Waals surface area contributed by atoms with Crippen molar-refractivity contribution in [2.45, 2.75) is 6.92 Å². The maximum Gasteiger partial charge on any atom is 0.238 e. The number of nitrogens with one attached hydrogen (secondary N) is 2. The Labute approximate surface area is 124 Å². The van der Waals surface area contributed by atoms with E-state index in [-0.39, 0.29) is 5.91 Å². The average Bonchev–Trinajstić information content (AvgIpc) is 2.42. The molecule has 1 heterocycles. The molecule has 0 spiro atoms. The van der Waals surface area contributed by atoms with Gasteiger partial charge in [-0.3, -0.25) is 4.79 Å². The molecule has 0 unspecified atom stereocenters. The van der Waals surface area contributed by atoms with Gasteiger partial charge >= 0.3 is 0 Å². The van der Waals surface area contributed by atoms with Gasteiger partial charge in [-0.1, -0.05) is 12.1 Å². The summed E-state index contributed by atoms with van der Waals surface area (Å²) in [6.07, 6.45) is 1.40. The molecule has 1 amide bonds. The Hall–Kier alpha value is -2.15.